The quantitative estimate of drug-likeness (QED) is 0.728. The second kappa shape index (κ2) is 7.81. The normalized spacial score (nSPS) is 11.9. The van der Waals surface area contributed by atoms with E-state index in [0.717, 1.165) is 27.7 Å². The van der Waals surface area contributed by atoms with Gasteiger partial charge in [-0.05, 0) is 42.3 Å². The molecule has 4 nitrogen and oxygen atoms in total. The molecule has 1 atom stereocenters. The number of rotatable bonds is 6. The van der Waals surface area contributed by atoms with Crippen LogP contribution in [0.15, 0.2) is 71.1 Å². The van der Waals surface area contributed by atoms with Gasteiger partial charge >= 0.3 is 0 Å². The van der Waals surface area contributed by atoms with E-state index >= 15 is 0 Å². The van der Waals surface area contributed by atoms with Crippen molar-refractivity contribution in [3.05, 3.63) is 78.3 Å². The lowest BCUT2D eigenvalue weighted by molar-refractivity contribution is -0.886. The van der Waals surface area contributed by atoms with Gasteiger partial charge in [-0.15, -0.1) is 0 Å². The highest BCUT2D eigenvalue weighted by molar-refractivity contribution is 5.91. The van der Waals surface area contributed by atoms with Gasteiger partial charge in [-0.3, -0.25) is 4.79 Å². The molecule has 0 bridgehead atoms. The molecule has 0 aliphatic rings. The van der Waals surface area contributed by atoms with Gasteiger partial charge in [-0.2, -0.15) is 0 Å². The van der Waals surface area contributed by atoms with Crippen LogP contribution in [0.1, 0.15) is 11.5 Å². The molecule has 0 radical (unpaired) electrons. The molecule has 0 saturated carbocycles. The molecule has 2 aromatic carbocycles. The van der Waals surface area contributed by atoms with Crippen molar-refractivity contribution in [1.29, 1.82) is 0 Å². The van der Waals surface area contributed by atoms with Crippen LogP contribution in [0.5, 0.6) is 0 Å². The van der Waals surface area contributed by atoms with E-state index in [1.165, 1.54) is 5.56 Å². The average Bonchev–Trinajstić information content (AvgIpc) is 3.01. The minimum atomic E-state index is -0.00626. The van der Waals surface area contributed by atoms with Gasteiger partial charge in [-0.1, -0.05) is 42.5 Å². The van der Waals surface area contributed by atoms with Gasteiger partial charge in [0.15, 0.2) is 12.3 Å². The van der Waals surface area contributed by atoms with Gasteiger partial charge in [0.2, 0.25) is 0 Å². The van der Waals surface area contributed by atoms with Gasteiger partial charge < -0.3 is 14.6 Å². The molecule has 3 aromatic rings. The molecule has 0 saturated heterocycles. The number of nitrogens with one attached hydrogen (secondary N) is 2. The molecule has 1 amide bonds. The fourth-order valence-electron chi connectivity index (χ4n) is 2.80. The fraction of sp³-hybridized carbons (Fsp3) is 0.190. The van der Waals surface area contributed by atoms with Gasteiger partial charge in [0, 0.05) is 5.69 Å². The SMILES string of the molecule is Cc1ccc(C[NH+](C)CC(=O)Nc2ccc(-c3ccccc3)cc2)o1. The smallest absolute Gasteiger partial charge is 0.279 e. The van der Waals surface area contributed by atoms with E-state index in [9.17, 15) is 4.79 Å². The summed E-state index contributed by atoms with van der Waals surface area (Å²) in [6.07, 6.45) is 0. The van der Waals surface area contributed by atoms with Crippen LogP contribution in [-0.4, -0.2) is 19.5 Å². The number of benzene rings is 2. The van der Waals surface area contributed by atoms with Crippen LogP contribution >= 0.6 is 0 Å². The zero-order valence-electron chi connectivity index (χ0n) is 14.6. The molecule has 3 rings (SSSR count). The predicted molar refractivity (Wildman–Crippen MR) is 99.4 cm³/mol. The molecule has 25 heavy (non-hydrogen) atoms. The Morgan fingerprint density at radius 1 is 0.960 bits per heavy atom. The first-order valence-corrected chi connectivity index (χ1v) is 8.42. The highest BCUT2D eigenvalue weighted by atomic mass is 16.3. The van der Waals surface area contributed by atoms with Crippen molar-refractivity contribution in [3.8, 4) is 11.1 Å². The molecule has 1 heterocycles. The van der Waals surface area contributed by atoms with E-state index in [1.54, 1.807) is 0 Å². The van der Waals surface area contributed by atoms with Crippen molar-refractivity contribution < 1.29 is 14.1 Å². The van der Waals surface area contributed by atoms with E-state index in [2.05, 4.69) is 17.4 Å². The fourth-order valence-corrected chi connectivity index (χ4v) is 2.80. The van der Waals surface area contributed by atoms with Crippen LogP contribution < -0.4 is 10.2 Å². The number of furan rings is 1. The number of aryl methyl sites for hydroxylation is 1. The Labute approximate surface area is 148 Å². The molecule has 128 valence electrons. The van der Waals surface area contributed by atoms with Crippen LogP contribution in [0.4, 0.5) is 5.69 Å². The Morgan fingerprint density at radius 3 is 2.28 bits per heavy atom. The van der Waals surface area contributed by atoms with Gasteiger partial charge in [0.25, 0.3) is 5.91 Å². The summed E-state index contributed by atoms with van der Waals surface area (Å²) >= 11 is 0. The maximum atomic E-state index is 12.2. The third-order valence-electron chi connectivity index (χ3n) is 4.01. The van der Waals surface area contributed by atoms with E-state index in [4.69, 9.17) is 4.42 Å². The minimum absolute atomic E-state index is 0.00626. The summed E-state index contributed by atoms with van der Waals surface area (Å²) in [6, 6.07) is 22.0. The van der Waals surface area contributed by atoms with Crippen molar-refractivity contribution in [1.82, 2.24) is 0 Å². The van der Waals surface area contributed by atoms with E-state index in [0.29, 0.717) is 13.1 Å². The average molecular weight is 335 g/mol. The number of hydrogen-bond donors (Lipinski definition) is 2. The summed E-state index contributed by atoms with van der Waals surface area (Å²) in [6.45, 7) is 3.00. The Hall–Kier alpha value is -2.85. The molecule has 4 heteroatoms. The zero-order valence-corrected chi connectivity index (χ0v) is 14.6. The number of carbonyl (C=O) groups excluding carboxylic acids is 1. The summed E-state index contributed by atoms with van der Waals surface area (Å²) in [7, 11) is 1.98. The molecule has 1 aromatic heterocycles. The Kier molecular flexibility index (Phi) is 5.31. The molecule has 0 aliphatic carbocycles. The standard InChI is InChI=1S/C21H22N2O2/c1-16-8-13-20(25-16)14-23(2)15-21(24)22-19-11-9-18(10-12-19)17-6-4-3-5-7-17/h3-13H,14-15H2,1-2H3,(H,22,24)/p+1. The summed E-state index contributed by atoms with van der Waals surface area (Å²) < 4.78 is 5.56. The topological polar surface area (TPSA) is 46.7 Å². The summed E-state index contributed by atoms with van der Waals surface area (Å²) in [5.41, 5.74) is 3.11. The minimum Gasteiger partial charge on any atom is -0.460 e. The van der Waals surface area contributed by atoms with Gasteiger partial charge in [-0.25, -0.2) is 0 Å². The molecular formula is C21H23N2O2+. The van der Waals surface area contributed by atoms with Crippen LogP contribution in [-0.2, 0) is 11.3 Å². The maximum Gasteiger partial charge on any atom is 0.279 e. The first-order valence-electron chi connectivity index (χ1n) is 8.42. The molecule has 2 N–H and O–H groups in total. The van der Waals surface area contributed by atoms with Gasteiger partial charge in [0.1, 0.15) is 12.3 Å². The molecular weight excluding hydrogens is 312 g/mol. The number of likely N-dealkylation sites (N-methyl/N-ethyl adjacent to an activating group) is 1. The van der Waals surface area contributed by atoms with E-state index in [-0.39, 0.29) is 5.91 Å². The monoisotopic (exact) mass is 335 g/mol. The number of hydrogen-bond acceptors (Lipinski definition) is 2. The molecule has 0 spiro atoms. The van der Waals surface area contributed by atoms with Crippen LogP contribution in [0, 0.1) is 6.92 Å². The van der Waals surface area contributed by atoms with Crippen LogP contribution in [0.2, 0.25) is 0 Å². The Balaban J connectivity index is 1.54. The second-order valence-electron chi connectivity index (χ2n) is 6.31. The number of quaternary nitrogens is 1. The summed E-state index contributed by atoms with van der Waals surface area (Å²) in [4.78, 5) is 13.3. The number of amides is 1. The first-order chi connectivity index (χ1) is 12.1. The van der Waals surface area contributed by atoms with Crippen molar-refractivity contribution >= 4 is 11.6 Å². The van der Waals surface area contributed by atoms with E-state index < -0.39 is 0 Å². The van der Waals surface area contributed by atoms with Crippen LogP contribution in [0.3, 0.4) is 0 Å². The first kappa shape index (κ1) is 17.0. The summed E-state index contributed by atoms with van der Waals surface area (Å²) in [5.74, 6) is 1.79. The third-order valence-corrected chi connectivity index (χ3v) is 4.01. The lowest BCUT2D eigenvalue weighted by Gasteiger charge is -2.12. The van der Waals surface area contributed by atoms with Crippen molar-refractivity contribution in [2.24, 2.45) is 0 Å². The highest BCUT2D eigenvalue weighted by Gasteiger charge is 2.12. The van der Waals surface area contributed by atoms with Crippen molar-refractivity contribution in [3.63, 3.8) is 0 Å². The maximum absolute atomic E-state index is 12.2. The van der Waals surface area contributed by atoms with Crippen molar-refractivity contribution in [2.45, 2.75) is 13.5 Å². The largest absolute Gasteiger partial charge is 0.460 e. The third kappa shape index (κ3) is 4.81. The molecule has 0 fully saturated rings. The number of anilines is 1. The van der Waals surface area contributed by atoms with Crippen LogP contribution in [0.25, 0.3) is 11.1 Å². The Morgan fingerprint density at radius 2 is 1.64 bits per heavy atom. The van der Waals surface area contributed by atoms with E-state index in [1.807, 2.05) is 68.6 Å². The molecule has 1 unspecified atom stereocenters. The second-order valence-corrected chi connectivity index (χ2v) is 6.31. The predicted octanol–water partition coefficient (Wildman–Crippen LogP) is 2.91. The summed E-state index contributed by atoms with van der Waals surface area (Å²) in [5, 5.41) is 2.95. The lowest BCUT2D eigenvalue weighted by Crippen LogP contribution is -3.08. The highest BCUT2D eigenvalue weighted by Crippen LogP contribution is 2.20. The lowest BCUT2D eigenvalue weighted by atomic mass is 10.1. The Bertz CT molecular complexity index is 823. The number of carbonyl (C=O) groups is 1. The van der Waals surface area contributed by atoms with Gasteiger partial charge in [0.05, 0.1) is 7.05 Å². The molecule has 0 aliphatic heterocycles. The van der Waals surface area contributed by atoms with Crippen molar-refractivity contribution in [2.75, 3.05) is 18.9 Å². The zero-order chi connectivity index (χ0) is 17.6.